The van der Waals surface area contributed by atoms with Gasteiger partial charge in [0.15, 0.2) is 0 Å². The molecular weight excluding hydrogens is 322 g/mol. The van der Waals surface area contributed by atoms with Crippen LogP contribution in [0.25, 0.3) is 0 Å². The fourth-order valence-electron chi connectivity index (χ4n) is 2.55. The van der Waals surface area contributed by atoms with E-state index in [1.165, 1.54) is 12.1 Å². The van der Waals surface area contributed by atoms with Crippen molar-refractivity contribution in [3.8, 4) is 0 Å². The fourth-order valence-corrected chi connectivity index (χ4v) is 2.55. The molecule has 25 heavy (non-hydrogen) atoms. The van der Waals surface area contributed by atoms with Crippen LogP contribution >= 0.6 is 0 Å². The summed E-state index contributed by atoms with van der Waals surface area (Å²) >= 11 is 0. The molecule has 2 rings (SSSR count). The first-order valence-electron chi connectivity index (χ1n) is 8.44. The predicted molar refractivity (Wildman–Crippen MR) is 94.0 cm³/mol. The quantitative estimate of drug-likeness (QED) is 0.669. The summed E-state index contributed by atoms with van der Waals surface area (Å²) in [5, 5.41) is 1.38. The van der Waals surface area contributed by atoms with E-state index < -0.39 is 12.1 Å². The second-order valence-corrected chi connectivity index (χ2v) is 5.89. The van der Waals surface area contributed by atoms with Gasteiger partial charge in [-0.1, -0.05) is 29.8 Å². The molecule has 0 aromatic heterocycles. The van der Waals surface area contributed by atoms with E-state index >= 15 is 0 Å². The maximum Gasteiger partial charge on any atom is 0.428 e. The standard InChI is InChI=1S/C18H25N3O4/c1-4-25-18(23)21(12-14-10-8-13(2)9-11-14)20-16-7-5-6-15(19-16)17(22)24-3/h8-11,15H,4-7,12H2,1-3H3,(H,19,20)/t15-/m1/s1. The summed E-state index contributed by atoms with van der Waals surface area (Å²) in [6.45, 7) is 4.38. The van der Waals surface area contributed by atoms with Gasteiger partial charge >= 0.3 is 12.1 Å². The average Bonchev–Trinajstić information content (AvgIpc) is 2.62. The number of methoxy groups -OCH3 is 1. The molecule has 7 heteroatoms. The zero-order chi connectivity index (χ0) is 18.2. The molecule has 0 saturated carbocycles. The van der Waals surface area contributed by atoms with Crippen molar-refractivity contribution in [2.45, 2.75) is 45.7 Å². The number of amidine groups is 1. The highest BCUT2D eigenvalue weighted by Gasteiger charge is 2.25. The number of carbonyl (C=O) groups is 2. The van der Waals surface area contributed by atoms with E-state index in [4.69, 9.17) is 9.47 Å². The molecule has 1 atom stereocenters. The first kappa shape index (κ1) is 18.8. The Morgan fingerprint density at radius 2 is 2.04 bits per heavy atom. The Labute approximate surface area is 148 Å². The SMILES string of the molecule is CCOC(=O)N(Cc1ccc(C)cc1)NC1=N[C@@H](C(=O)OC)CCC1. The Kier molecular flexibility index (Phi) is 6.80. The number of benzene rings is 1. The molecule has 0 radical (unpaired) electrons. The normalized spacial score (nSPS) is 16.6. The van der Waals surface area contributed by atoms with Gasteiger partial charge in [-0.05, 0) is 32.3 Å². The number of rotatable bonds is 4. The van der Waals surface area contributed by atoms with E-state index in [-0.39, 0.29) is 12.6 Å². The van der Waals surface area contributed by atoms with Crippen LogP contribution in [0.1, 0.15) is 37.3 Å². The summed E-state index contributed by atoms with van der Waals surface area (Å²) in [5.41, 5.74) is 5.13. The van der Waals surface area contributed by atoms with Crippen molar-refractivity contribution in [2.24, 2.45) is 4.99 Å². The number of nitrogens with one attached hydrogen (secondary N) is 1. The van der Waals surface area contributed by atoms with Crippen molar-refractivity contribution in [3.05, 3.63) is 35.4 Å². The van der Waals surface area contributed by atoms with Gasteiger partial charge in [-0.3, -0.25) is 10.4 Å². The van der Waals surface area contributed by atoms with Crippen molar-refractivity contribution >= 4 is 17.9 Å². The lowest BCUT2D eigenvalue weighted by molar-refractivity contribution is -0.142. The minimum absolute atomic E-state index is 0.280. The van der Waals surface area contributed by atoms with Crippen LogP contribution in [0.4, 0.5) is 4.79 Å². The second kappa shape index (κ2) is 9.05. The summed E-state index contributed by atoms with van der Waals surface area (Å²) in [6.07, 6.45) is 1.63. The Balaban J connectivity index is 2.12. The van der Waals surface area contributed by atoms with Gasteiger partial charge in [0.25, 0.3) is 0 Å². The fraction of sp³-hybridized carbons (Fsp3) is 0.500. The van der Waals surface area contributed by atoms with Crippen molar-refractivity contribution in [1.82, 2.24) is 10.4 Å². The van der Waals surface area contributed by atoms with Crippen LogP contribution in [-0.4, -0.2) is 42.7 Å². The molecule has 0 aliphatic carbocycles. The number of nitrogens with zero attached hydrogens (tertiary/aromatic N) is 2. The van der Waals surface area contributed by atoms with Gasteiger partial charge in [0.2, 0.25) is 0 Å². The van der Waals surface area contributed by atoms with Crippen LogP contribution in [0, 0.1) is 6.92 Å². The lowest BCUT2D eigenvalue weighted by Gasteiger charge is -2.27. The molecule has 0 fully saturated rings. The van der Waals surface area contributed by atoms with Crippen LogP contribution in [0.5, 0.6) is 0 Å². The third-order valence-corrected chi connectivity index (χ3v) is 3.89. The zero-order valence-electron chi connectivity index (χ0n) is 14.9. The highest BCUT2D eigenvalue weighted by atomic mass is 16.6. The summed E-state index contributed by atoms with van der Waals surface area (Å²) in [7, 11) is 1.35. The molecule has 1 aliphatic rings. The van der Waals surface area contributed by atoms with Crippen molar-refractivity contribution in [2.75, 3.05) is 13.7 Å². The lowest BCUT2D eigenvalue weighted by Crippen LogP contribution is -2.47. The molecule has 0 saturated heterocycles. The maximum atomic E-state index is 12.3. The Hall–Kier alpha value is -2.57. The van der Waals surface area contributed by atoms with Crippen LogP contribution in [0.2, 0.25) is 0 Å². The number of hydrogen-bond acceptors (Lipinski definition) is 6. The molecule has 7 nitrogen and oxygen atoms in total. The Morgan fingerprint density at radius 3 is 2.68 bits per heavy atom. The molecule has 1 aromatic carbocycles. The van der Waals surface area contributed by atoms with Gasteiger partial charge in [-0.2, -0.15) is 0 Å². The van der Waals surface area contributed by atoms with E-state index in [1.54, 1.807) is 6.92 Å². The summed E-state index contributed by atoms with van der Waals surface area (Å²) in [4.78, 5) is 28.3. The van der Waals surface area contributed by atoms with E-state index in [2.05, 4.69) is 10.4 Å². The van der Waals surface area contributed by atoms with Crippen LogP contribution in [0.3, 0.4) is 0 Å². The number of esters is 1. The minimum atomic E-state index is -0.523. The van der Waals surface area contributed by atoms with E-state index in [1.807, 2.05) is 31.2 Å². The molecule has 1 N–H and O–H groups in total. The predicted octanol–water partition coefficient (Wildman–Crippen LogP) is 2.58. The summed E-state index contributed by atoms with van der Waals surface area (Å²) < 4.78 is 9.87. The Bertz CT molecular complexity index is 628. The van der Waals surface area contributed by atoms with Crippen LogP contribution in [0.15, 0.2) is 29.3 Å². The molecule has 0 bridgehead atoms. The van der Waals surface area contributed by atoms with Gasteiger partial charge in [0, 0.05) is 6.42 Å². The largest absolute Gasteiger partial charge is 0.467 e. The third kappa shape index (κ3) is 5.48. The summed E-state index contributed by atoms with van der Waals surface area (Å²) in [5.74, 6) is 0.224. The van der Waals surface area contributed by atoms with Crippen molar-refractivity contribution in [1.29, 1.82) is 0 Å². The maximum absolute atomic E-state index is 12.3. The first-order valence-corrected chi connectivity index (χ1v) is 8.44. The third-order valence-electron chi connectivity index (χ3n) is 3.89. The number of carbonyl (C=O) groups excluding carboxylic acids is 2. The van der Waals surface area contributed by atoms with Crippen LogP contribution in [-0.2, 0) is 20.8 Å². The van der Waals surface area contributed by atoms with Gasteiger partial charge in [-0.25, -0.2) is 14.6 Å². The van der Waals surface area contributed by atoms with Gasteiger partial charge < -0.3 is 9.47 Å². The molecule has 1 aromatic rings. The number of aliphatic imine (C=N–C) groups is 1. The van der Waals surface area contributed by atoms with E-state index in [0.717, 1.165) is 17.5 Å². The molecule has 1 aliphatic heterocycles. The average molecular weight is 347 g/mol. The molecule has 0 unspecified atom stereocenters. The zero-order valence-corrected chi connectivity index (χ0v) is 14.9. The number of ether oxygens (including phenoxy) is 2. The highest BCUT2D eigenvalue weighted by Crippen LogP contribution is 2.15. The second-order valence-electron chi connectivity index (χ2n) is 5.89. The number of hydrazine groups is 1. The molecule has 1 heterocycles. The topological polar surface area (TPSA) is 80.2 Å². The first-order chi connectivity index (χ1) is 12.0. The molecule has 0 spiro atoms. The van der Waals surface area contributed by atoms with Gasteiger partial charge in [0.1, 0.15) is 11.9 Å². The monoisotopic (exact) mass is 347 g/mol. The smallest absolute Gasteiger partial charge is 0.428 e. The molecular formula is C18H25N3O4. The number of aryl methyl sites for hydroxylation is 1. The van der Waals surface area contributed by atoms with Crippen molar-refractivity contribution < 1.29 is 19.1 Å². The van der Waals surface area contributed by atoms with Crippen LogP contribution < -0.4 is 5.43 Å². The number of hydrogen-bond donors (Lipinski definition) is 1. The van der Waals surface area contributed by atoms with E-state index in [9.17, 15) is 9.59 Å². The summed E-state index contributed by atoms with van der Waals surface area (Å²) in [6, 6.07) is 7.38. The van der Waals surface area contributed by atoms with Crippen molar-refractivity contribution in [3.63, 3.8) is 0 Å². The lowest BCUT2D eigenvalue weighted by atomic mass is 10.1. The van der Waals surface area contributed by atoms with Gasteiger partial charge in [0.05, 0.1) is 20.3 Å². The van der Waals surface area contributed by atoms with Gasteiger partial charge in [-0.15, -0.1) is 0 Å². The number of amides is 1. The highest BCUT2D eigenvalue weighted by molar-refractivity contribution is 5.88. The minimum Gasteiger partial charge on any atom is -0.467 e. The molecule has 136 valence electrons. The Morgan fingerprint density at radius 1 is 1.32 bits per heavy atom. The van der Waals surface area contributed by atoms with E-state index in [0.29, 0.717) is 25.2 Å². The molecule has 1 amide bonds.